The number of H-pyrrole nitrogens is 1. The number of anilines is 1. The Labute approximate surface area is 119 Å². The summed E-state index contributed by atoms with van der Waals surface area (Å²) in [5, 5.41) is 0.481. The molecule has 0 saturated carbocycles. The number of aromatic nitrogens is 3. The van der Waals surface area contributed by atoms with Gasteiger partial charge in [0.1, 0.15) is 0 Å². The molecule has 0 spiro atoms. The Bertz CT molecular complexity index is 909. The molecule has 3 aromatic rings. The number of nitrogens with two attached hydrogens (primary N) is 1. The summed E-state index contributed by atoms with van der Waals surface area (Å²) >= 11 is 1.35. The molecule has 0 aliphatic heterocycles. The van der Waals surface area contributed by atoms with E-state index in [0.29, 0.717) is 22.0 Å². The van der Waals surface area contributed by atoms with Crippen molar-refractivity contribution < 1.29 is 8.42 Å². The minimum absolute atomic E-state index is 0.265. The third-order valence-corrected chi connectivity index (χ3v) is 5.01. The highest BCUT2D eigenvalue weighted by Gasteiger charge is 2.14. The highest BCUT2D eigenvalue weighted by atomic mass is 32.2. The van der Waals surface area contributed by atoms with Crippen LogP contribution in [-0.2, 0) is 9.84 Å². The van der Waals surface area contributed by atoms with Gasteiger partial charge in [0.05, 0.1) is 26.5 Å². The van der Waals surface area contributed by atoms with Gasteiger partial charge in [-0.2, -0.15) is 0 Å². The van der Waals surface area contributed by atoms with Crippen molar-refractivity contribution in [3.63, 3.8) is 0 Å². The molecule has 0 saturated heterocycles. The van der Waals surface area contributed by atoms with E-state index in [-0.39, 0.29) is 4.90 Å². The van der Waals surface area contributed by atoms with Crippen LogP contribution in [0.25, 0.3) is 21.7 Å². The lowest BCUT2D eigenvalue weighted by Crippen LogP contribution is -1.96. The van der Waals surface area contributed by atoms with Crippen LogP contribution in [0.5, 0.6) is 0 Å². The molecule has 1 aromatic carbocycles. The van der Waals surface area contributed by atoms with Crippen LogP contribution in [0.2, 0.25) is 0 Å². The van der Waals surface area contributed by atoms with E-state index < -0.39 is 9.84 Å². The summed E-state index contributed by atoms with van der Waals surface area (Å²) in [6.45, 7) is 1.86. The highest BCUT2D eigenvalue weighted by molar-refractivity contribution is 7.90. The van der Waals surface area contributed by atoms with E-state index in [2.05, 4.69) is 15.0 Å². The number of fused-ring (bicyclic) bond motifs is 1. The Kier molecular flexibility index (Phi) is 2.80. The molecule has 0 atom stereocenters. The van der Waals surface area contributed by atoms with Gasteiger partial charge in [-0.15, -0.1) is 0 Å². The molecular formula is C12H12N4O2S2. The molecule has 3 N–H and O–H groups in total. The van der Waals surface area contributed by atoms with Crippen molar-refractivity contribution in [2.24, 2.45) is 0 Å². The van der Waals surface area contributed by atoms with Crippen LogP contribution < -0.4 is 5.73 Å². The predicted molar refractivity (Wildman–Crippen MR) is 79.5 cm³/mol. The van der Waals surface area contributed by atoms with E-state index in [1.165, 1.54) is 17.6 Å². The van der Waals surface area contributed by atoms with Crippen molar-refractivity contribution in [2.75, 3.05) is 12.0 Å². The number of nitrogens with one attached hydrogen (secondary N) is 1. The van der Waals surface area contributed by atoms with Gasteiger partial charge >= 0.3 is 0 Å². The maximum absolute atomic E-state index is 11.6. The third kappa shape index (κ3) is 2.16. The average Bonchev–Trinajstić information content (AvgIpc) is 2.89. The van der Waals surface area contributed by atoms with Gasteiger partial charge in [0, 0.05) is 6.26 Å². The van der Waals surface area contributed by atoms with E-state index in [9.17, 15) is 8.42 Å². The van der Waals surface area contributed by atoms with Crippen LogP contribution in [0.3, 0.4) is 0 Å². The van der Waals surface area contributed by atoms with Crippen LogP contribution in [-0.4, -0.2) is 29.6 Å². The van der Waals surface area contributed by atoms with Crippen molar-refractivity contribution in [3.8, 4) is 10.7 Å². The van der Waals surface area contributed by atoms with Crippen molar-refractivity contribution in [1.82, 2.24) is 15.0 Å². The van der Waals surface area contributed by atoms with Gasteiger partial charge in [-0.25, -0.2) is 18.4 Å². The number of benzene rings is 1. The van der Waals surface area contributed by atoms with Gasteiger partial charge in [0.15, 0.2) is 20.8 Å². The van der Waals surface area contributed by atoms with Crippen LogP contribution >= 0.6 is 11.3 Å². The Hall–Kier alpha value is -1.93. The van der Waals surface area contributed by atoms with Gasteiger partial charge in [-0.05, 0) is 25.1 Å². The van der Waals surface area contributed by atoms with Crippen molar-refractivity contribution in [3.05, 3.63) is 23.9 Å². The Morgan fingerprint density at radius 1 is 1.30 bits per heavy atom. The predicted octanol–water partition coefficient (Wildman–Crippen LogP) is 1.98. The summed E-state index contributed by atoms with van der Waals surface area (Å²) in [6, 6.07) is 4.82. The molecule has 2 heterocycles. The first-order chi connectivity index (χ1) is 9.34. The van der Waals surface area contributed by atoms with Gasteiger partial charge in [-0.1, -0.05) is 11.3 Å². The van der Waals surface area contributed by atoms with E-state index in [0.717, 1.165) is 10.6 Å². The minimum Gasteiger partial charge on any atom is -0.375 e. The second kappa shape index (κ2) is 4.29. The molecular weight excluding hydrogens is 296 g/mol. The molecule has 6 nitrogen and oxygen atoms in total. The molecule has 0 radical (unpaired) electrons. The smallest absolute Gasteiger partial charge is 0.180 e. The lowest BCUT2D eigenvalue weighted by atomic mass is 10.3. The Morgan fingerprint density at radius 2 is 2.05 bits per heavy atom. The lowest BCUT2D eigenvalue weighted by molar-refractivity contribution is 0.602. The van der Waals surface area contributed by atoms with Gasteiger partial charge in [0.2, 0.25) is 0 Å². The van der Waals surface area contributed by atoms with E-state index in [4.69, 9.17) is 5.73 Å². The number of rotatable bonds is 2. The van der Waals surface area contributed by atoms with Crippen molar-refractivity contribution in [2.45, 2.75) is 11.8 Å². The number of sulfone groups is 1. The summed E-state index contributed by atoms with van der Waals surface area (Å²) in [5.74, 6) is 0.650. The maximum atomic E-state index is 11.6. The largest absolute Gasteiger partial charge is 0.375 e. The molecule has 2 aromatic heterocycles. The van der Waals surface area contributed by atoms with Gasteiger partial charge < -0.3 is 10.7 Å². The fourth-order valence-corrected chi connectivity index (χ4v) is 3.39. The average molecular weight is 308 g/mol. The number of imidazole rings is 1. The Morgan fingerprint density at radius 3 is 2.65 bits per heavy atom. The standard InChI is InChI=1S/C12H12N4O2S2/c1-6-10(19-12(13)14-6)11-15-8-4-3-7(20(2,17)18)5-9(8)16-11/h3-5H,1-2H3,(H2,13,14)(H,15,16). The number of hydrogen-bond donors (Lipinski definition) is 2. The molecule has 0 unspecified atom stereocenters. The number of nitrogens with zero attached hydrogens (tertiary/aromatic N) is 2. The van der Waals surface area contributed by atoms with E-state index in [1.807, 2.05) is 6.92 Å². The second-order valence-electron chi connectivity index (χ2n) is 4.50. The number of thiazole rings is 1. The first kappa shape index (κ1) is 13.1. The van der Waals surface area contributed by atoms with E-state index in [1.54, 1.807) is 18.2 Å². The van der Waals surface area contributed by atoms with Crippen molar-refractivity contribution >= 4 is 37.3 Å². The van der Waals surface area contributed by atoms with Crippen LogP contribution in [0.4, 0.5) is 5.13 Å². The van der Waals surface area contributed by atoms with Crippen LogP contribution in [0.1, 0.15) is 5.69 Å². The number of aryl methyl sites for hydroxylation is 1. The zero-order valence-electron chi connectivity index (χ0n) is 10.8. The molecule has 8 heteroatoms. The van der Waals surface area contributed by atoms with Gasteiger partial charge in [-0.3, -0.25) is 0 Å². The fraction of sp³-hybridized carbons (Fsp3) is 0.167. The first-order valence-electron chi connectivity index (χ1n) is 5.78. The molecule has 20 heavy (non-hydrogen) atoms. The summed E-state index contributed by atoms with van der Waals surface area (Å²) in [6.07, 6.45) is 1.18. The van der Waals surface area contributed by atoms with Crippen molar-refractivity contribution in [1.29, 1.82) is 0 Å². The molecule has 104 valence electrons. The Balaban J connectivity index is 2.18. The molecule has 0 aliphatic carbocycles. The SMILES string of the molecule is Cc1nc(N)sc1-c1nc2ccc(S(C)(=O)=O)cc2[nH]1. The van der Waals surface area contributed by atoms with E-state index >= 15 is 0 Å². The molecule has 3 rings (SSSR count). The quantitative estimate of drug-likeness (QED) is 0.753. The topological polar surface area (TPSA) is 102 Å². The van der Waals surface area contributed by atoms with Crippen LogP contribution in [0, 0.1) is 6.92 Å². The summed E-state index contributed by atoms with van der Waals surface area (Å²) in [7, 11) is -3.23. The number of nitrogen functional groups attached to an aromatic ring is 1. The summed E-state index contributed by atoms with van der Waals surface area (Å²) in [4.78, 5) is 12.8. The maximum Gasteiger partial charge on any atom is 0.180 e. The third-order valence-electron chi connectivity index (χ3n) is 2.91. The van der Waals surface area contributed by atoms with Gasteiger partial charge in [0.25, 0.3) is 0 Å². The lowest BCUT2D eigenvalue weighted by Gasteiger charge is -1.96. The normalized spacial score (nSPS) is 12.1. The molecule has 0 aliphatic rings. The van der Waals surface area contributed by atoms with Crippen LogP contribution in [0.15, 0.2) is 23.1 Å². The molecule has 0 fully saturated rings. The fourth-order valence-electron chi connectivity index (χ4n) is 1.96. The molecule has 0 amide bonds. The number of aromatic amines is 1. The number of hydrogen-bond acceptors (Lipinski definition) is 6. The zero-order chi connectivity index (χ0) is 14.5. The summed E-state index contributed by atoms with van der Waals surface area (Å²) in [5.41, 5.74) is 7.86. The zero-order valence-corrected chi connectivity index (χ0v) is 12.5. The minimum atomic E-state index is -3.23. The monoisotopic (exact) mass is 308 g/mol. The first-order valence-corrected chi connectivity index (χ1v) is 8.48. The molecule has 0 bridgehead atoms. The summed E-state index contributed by atoms with van der Waals surface area (Å²) < 4.78 is 23.1. The highest BCUT2D eigenvalue weighted by Crippen LogP contribution is 2.31. The second-order valence-corrected chi connectivity index (χ2v) is 7.55.